The van der Waals surface area contributed by atoms with E-state index in [0.717, 1.165) is 31.4 Å². The number of esters is 1. The average Bonchev–Trinajstić information content (AvgIpc) is 2.60. The van der Waals surface area contributed by atoms with Gasteiger partial charge in [-0.1, -0.05) is 23.7 Å². The lowest BCUT2D eigenvalue weighted by atomic mass is 10.1. The number of nitrogens with zero attached hydrogens (tertiary/aromatic N) is 1. The van der Waals surface area contributed by atoms with Crippen LogP contribution in [0.1, 0.15) is 11.6 Å². The Hall–Kier alpha value is -2.49. The van der Waals surface area contributed by atoms with E-state index < -0.39 is 27.0 Å². The van der Waals surface area contributed by atoms with Gasteiger partial charge in [0, 0.05) is 17.2 Å². The Balaban J connectivity index is 2.34. The van der Waals surface area contributed by atoms with Crippen molar-refractivity contribution in [2.24, 2.45) is 0 Å². The molecule has 0 aromatic heterocycles. The van der Waals surface area contributed by atoms with E-state index in [9.17, 15) is 23.3 Å². The number of hydrogen-bond donors (Lipinski definition) is 1. The van der Waals surface area contributed by atoms with Gasteiger partial charge in [0.2, 0.25) is 10.0 Å². The lowest BCUT2D eigenvalue weighted by Gasteiger charge is -2.17. The second-order valence-electron chi connectivity index (χ2n) is 4.88. The summed E-state index contributed by atoms with van der Waals surface area (Å²) < 4.78 is 31.8. The lowest BCUT2D eigenvalue weighted by Crippen LogP contribution is -2.34. The number of hydrogen-bond acceptors (Lipinski definition) is 6. The van der Waals surface area contributed by atoms with Crippen molar-refractivity contribution in [3.8, 4) is 0 Å². The molecule has 0 unspecified atom stereocenters. The summed E-state index contributed by atoms with van der Waals surface area (Å²) in [4.78, 5) is 21.8. The number of benzene rings is 2. The number of carbonyl (C=O) groups excluding carboxylic acids is 1. The summed E-state index contributed by atoms with van der Waals surface area (Å²) in [7, 11) is -2.99. The zero-order chi connectivity index (χ0) is 18.6. The molecule has 0 aliphatic rings. The first-order valence-electron chi connectivity index (χ1n) is 6.84. The van der Waals surface area contributed by atoms with Gasteiger partial charge in [-0.15, -0.1) is 0 Å². The Morgan fingerprint density at radius 1 is 1.16 bits per heavy atom. The van der Waals surface area contributed by atoms with Crippen molar-refractivity contribution in [1.29, 1.82) is 0 Å². The minimum Gasteiger partial charge on any atom is -0.468 e. The van der Waals surface area contributed by atoms with Crippen LogP contribution in [0, 0.1) is 10.1 Å². The van der Waals surface area contributed by atoms with E-state index in [1.807, 2.05) is 0 Å². The Morgan fingerprint density at radius 3 is 2.20 bits per heavy atom. The quantitative estimate of drug-likeness (QED) is 0.464. The molecule has 8 nitrogen and oxygen atoms in total. The number of carbonyl (C=O) groups is 1. The number of non-ortho nitro benzene ring substituents is 1. The summed E-state index contributed by atoms with van der Waals surface area (Å²) in [5, 5.41) is 11.1. The molecule has 1 atom stereocenters. The summed E-state index contributed by atoms with van der Waals surface area (Å²) in [5.41, 5.74) is 0.0860. The number of sulfonamides is 1. The zero-order valence-electron chi connectivity index (χ0n) is 12.9. The van der Waals surface area contributed by atoms with Gasteiger partial charge in [-0.25, -0.2) is 13.2 Å². The third-order valence-electron chi connectivity index (χ3n) is 3.27. The van der Waals surface area contributed by atoms with E-state index in [-0.39, 0.29) is 10.6 Å². The molecule has 2 aromatic rings. The molecular weight excluding hydrogens is 372 g/mol. The number of nitrogens with one attached hydrogen (secondary N) is 1. The molecule has 0 aliphatic carbocycles. The van der Waals surface area contributed by atoms with E-state index in [1.165, 1.54) is 24.3 Å². The van der Waals surface area contributed by atoms with Crippen LogP contribution in [-0.4, -0.2) is 26.4 Å². The van der Waals surface area contributed by atoms with Gasteiger partial charge in [-0.3, -0.25) is 10.1 Å². The summed E-state index contributed by atoms with van der Waals surface area (Å²) in [5.74, 6) is -0.812. The summed E-state index contributed by atoms with van der Waals surface area (Å²) >= 11 is 5.79. The fourth-order valence-corrected chi connectivity index (χ4v) is 3.29. The second-order valence-corrected chi connectivity index (χ2v) is 7.03. The molecule has 0 aliphatic heterocycles. The molecule has 0 spiro atoms. The van der Waals surface area contributed by atoms with Crippen LogP contribution in [-0.2, 0) is 19.6 Å². The third-order valence-corrected chi connectivity index (χ3v) is 4.96. The van der Waals surface area contributed by atoms with Crippen LogP contribution >= 0.6 is 11.6 Å². The first kappa shape index (κ1) is 18.8. The first-order valence-corrected chi connectivity index (χ1v) is 8.71. The number of halogens is 1. The number of nitro groups is 1. The van der Waals surface area contributed by atoms with Gasteiger partial charge >= 0.3 is 5.97 Å². The minimum absolute atomic E-state index is 0.221. The summed E-state index contributed by atoms with van der Waals surface area (Å²) in [6.07, 6.45) is 0. The highest BCUT2D eigenvalue weighted by Crippen LogP contribution is 2.22. The maximum atomic E-state index is 12.5. The molecule has 0 bridgehead atoms. The molecule has 132 valence electrons. The molecule has 25 heavy (non-hydrogen) atoms. The summed E-state index contributed by atoms with van der Waals surface area (Å²) in [6, 6.07) is 8.98. The largest absolute Gasteiger partial charge is 0.468 e. The SMILES string of the molecule is COC(=O)[C@H](NS(=O)(=O)c1ccc([N+](=O)[O-])cc1)c1ccc(Cl)cc1. The third kappa shape index (κ3) is 4.53. The smallest absolute Gasteiger partial charge is 0.328 e. The Labute approximate surface area is 148 Å². The van der Waals surface area contributed by atoms with Crippen LogP contribution in [0.5, 0.6) is 0 Å². The van der Waals surface area contributed by atoms with E-state index in [4.69, 9.17) is 11.6 Å². The highest BCUT2D eigenvalue weighted by atomic mass is 35.5. The monoisotopic (exact) mass is 384 g/mol. The van der Waals surface area contributed by atoms with Crippen molar-refractivity contribution in [2.75, 3.05) is 7.11 Å². The minimum atomic E-state index is -4.12. The van der Waals surface area contributed by atoms with Crippen LogP contribution in [0.15, 0.2) is 53.4 Å². The molecule has 0 amide bonds. The maximum Gasteiger partial charge on any atom is 0.328 e. The van der Waals surface area contributed by atoms with Crippen LogP contribution in [0.3, 0.4) is 0 Å². The Morgan fingerprint density at radius 2 is 1.72 bits per heavy atom. The highest BCUT2D eigenvalue weighted by molar-refractivity contribution is 7.89. The second kappa shape index (κ2) is 7.60. The van der Waals surface area contributed by atoms with Crippen LogP contribution in [0.2, 0.25) is 5.02 Å². The van der Waals surface area contributed by atoms with Crippen LogP contribution in [0.4, 0.5) is 5.69 Å². The molecular formula is C15H13ClN2O6S. The maximum absolute atomic E-state index is 12.5. The van der Waals surface area contributed by atoms with E-state index in [2.05, 4.69) is 9.46 Å². The molecule has 0 saturated heterocycles. The van der Waals surface area contributed by atoms with Gasteiger partial charge in [0.15, 0.2) is 0 Å². The van der Waals surface area contributed by atoms with Crippen molar-refractivity contribution >= 4 is 33.3 Å². The van der Waals surface area contributed by atoms with Crippen molar-refractivity contribution in [3.05, 3.63) is 69.2 Å². The molecule has 2 rings (SSSR count). The number of nitro benzene ring substituents is 1. The lowest BCUT2D eigenvalue weighted by molar-refractivity contribution is -0.384. The fourth-order valence-electron chi connectivity index (χ4n) is 2.00. The fraction of sp³-hybridized carbons (Fsp3) is 0.133. The van der Waals surface area contributed by atoms with Crippen LogP contribution < -0.4 is 4.72 Å². The molecule has 2 aromatic carbocycles. The predicted molar refractivity (Wildman–Crippen MR) is 89.6 cm³/mol. The van der Waals surface area contributed by atoms with Crippen molar-refractivity contribution < 1.29 is 22.9 Å². The molecule has 0 radical (unpaired) electrons. The number of ether oxygens (including phenoxy) is 1. The van der Waals surface area contributed by atoms with Crippen LogP contribution in [0.25, 0.3) is 0 Å². The van der Waals surface area contributed by atoms with Gasteiger partial charge in [0.05, 0.1) is 16.9 Å². The molecule has 0 fully saturated rings. The van der Waals surface area contributed by atoms with Crippen molar-refractivity contribution in [2.45, 2.75) is 10.9 Å². The van der Waals surface area contributed by atoms with E-state index >= 15 is 0 Å². The zero-order valence-corrected chi connectivity index (χ0v) is 14.5. The van der Waals surface area contributed by atoms with Gasteiger partial charge in [0.1, 0.15) is 6.04 Å². The van der Waals surface area contributed by atoms with Crippen molar-refractivity contribution in [1.82, 2.24) is 4.72 Å². The standard InChI is InChI=1S/C15H13ClN2O6S/c1-24-15(19)14(10-2-4-11(16)5-3-10)17-25(22,23)13-8-6-12(7-9-13)18(20)21/h2-9,14,17H,1H3/t14-/m1/s1. The van der Waals surface area contributed by atoms with Crippen molar-refractivity contribution in [3.63, 3.8) is 0 Å². The average molecular weight is 385 g/mol. The number of methoxy groups -OCH3 is 1. The van der Waals surface area contributed by atoms with Gasteiger partial charge < -0.3 is 4.74 Å². The normalized spacial score (nSPS) is 12.4. The first-order chi connectivity index (χ1) is 11.7. The molecule has 0 saturated carbocycles. The highest BCUT2D eigenvalue weighted by Gasteiger charge is 2.28. The van der Waals surface area contributed by atoms with Gasteiger partial charge in [-0.2, -0.15) is 4.72 Å². The van der Waals surface area contributed by atoms with E-state index in [1.54, 1.807) is 0 Å². The Bertz CT molecular complexity index is 881. The van der Waals surface area contributed by atoms with Gasteiger partial charge in [-0.05, 0) is 29.8 Å². The Kier molecular flexibility index (Phi) is 5.73. The molecule has 1 N–H and O–H groups in total. The number of rotatable bonds is 6. The summed E-state index contributed by atoms with van der Waals surface area (Å²) in [6.45, 7) is 0. The molecule has 10 heteroatoms. The predicted octanol–water partition coefficient (Wildman–Crippen LogP) is 2.44. The molecule has 0 heterocycles. The van der Waals surface area contributed by atoms with Gasteiger partial charge in [0.25, 0.3) is 5.69 Å². The topological polar surface area (TPSA) is 116 Å². The van der Waals surface area contributed by atoms with E-state index in [0.29, 0.717) is 10.6 Å².